The number of likely N-dealkylation sites (tertiary alicyclic amines) is 1. The van der Waals surface area contributed by atoms with E-state index in [1.54, 1.807) is 4.68 Å². The fraction of sp³-hybridized carbons (Fsp3) is 0.421. The Hall–Kier alpha value is -2.85. The summed E-state index contributed by atoms with van der Waals surface area (Å²) in [5.74, 6) is 1.08. The molecule has 2 fully saturated rings. The standard InChI is InChI=1S/C19H21N7O2S/c27-15-12-25(19(29)20-14-4-2-1-3-5-14)10-13-11-26-17(21-16(13)15)22-18(23-26)24-6-8-28-9-7-24/h1-5,13H,6-12H2,(H,20,29). The SMILES string of the molecule is O=C1CN(C(=S)Nc2ccccc2)CC2Cn3nc(N4CCOCC4)nc3N=C12. The number of nitrogens with zero attached hydrogens (tertiary/aromatic N) is 6. The van der Waals surface area contributed by atoms with Gasteiger partial charge in [-0.3, -0.25) is 4.79 Å². The summed E-state index contributed by atoms with van der Waals surface area (Å²) in [7, 11) is 0. The number of ketones is 1. The van der Waals surface area contributed by atoms with Crippen LogP contribution >= 0.6 is 12.2 Å². The number of morpholine rings is 1. The number of hydrogen-bond acceptors (Lipinski definition) is 7. The average molecular weight is 411 g/mol. The normalized spacial score (nSPS) is 21.3. The zero-order chi connectivity index (χ0) is 19.8. The van der Waals surface area contributed by atoms with Gasteiger partial charge in [-0.1, -0.05) is 18.2 Å². The van der Waals surface area contributed by atoms with Crippen molar-refractivity contribution < 1.29 is 9.53 Å². The predicted octanol–water partition coefficient (Wildman–Crippen LogP) is 1.10. The Morgan fingerprint density at radius 1 is 1.17 bits per heavy atom. The van der Waals surface area contributed by atoms with Gasteiger partial charge in [-0.05, 0) is 24.4 Å². The fourth-order valence-corrected chi connectivity index (χ4v) is 4.07. The lowest BCUT2D eigenvalue weighted by Crippen LogP contribution is -2.52. The highest BCUT2D eigenvalue weighted by molar-refractivity contribution is 7.80. The predicted molar refractivity (Wildman–Crippen MR) is 113 cm³/mol. The molecule has 1 unspecified atom stereocenters. The second kappa shape index (κ2) is 7.53. The van der Waals surface area contributed by atoms with Gasteiger partial charge in [0, 0.05) is 31.2 Å². The molecular formula is C19H21N7O2S. The van der Waals surface area contributed by atoms with Gasteiger partial charge in [-0.25, -0.2) is 9.67 Å². The number of carbonyl (C=O) groups excluding carboxylic acids is 1. The number of anilines is 2. The van der Waals surface area contributed by atoms with E-state index < -0.39 is 0 Å². The molecule has 0 spiro atoms. The number of Topliss-reactive ketones (excluding diaryl/α,β-unsaturated/α-hetero) is 1. The minimum atomic E-state index is -0.0569. The first-order chi connectivity index (χ1) is 14.2. The summed E-state index contributed by atoms with van der Waals surface area (Å²) < 4.78 is 7.19. The third kappa shape index (κ3) is 3.60. The molecule has 10 heteroatoms. The van der Waals surface area contributed by atoms with E-state index in [1.165, 1.54) is 0 Å². The van der Waals surface area contributed by atoms with Crippen LogP contribution in [-0.2, 0) is 16.1 Å². The lowest BCUT2D eigenvalue weighted by molar-refractivity contribution is -0.114. The third-order valence-corrected chi connectivity index (χ3v) is 5.67. The van der Waals surface area contributed by atoms with Gasteiger partial charge in [0.05, 0.1) is 32.0 Å². The van der Waals surface area contributed by atoms with Crippen molar-refractivity contribution in [2.75, 3.05) is 49.6 Å². The summed E-state index contributed by atoms with van der Waals surface area (Å²) in [6, 6.07) is 9.72. The van der Waals surface area contributed by atoms with Crippen molar-refractivity contribution in [1.29, 1.82) is 0 Å². The lowest BCUT2D eigenvalue weighted by Gasteiger charge is -2.35. The Morgan fingerprint density at radius 3 is 2.76 bits per heavy atom. The van der Waals surface area contributed by atoms with Crippen molar-refractivity contribution in [2.24, 2.45) is 10.9 Å². The minimum Gasteiger partial charge on any atom is -0.378 e. The van der Waals surface area contributed by atoms with E-state index in [2.05, 4.69) is 25.3 Å². The number of aromatic nitrogens is 3. The highest BCUT2D eigenvalue weighted by Crippen LogP contribution is 2.27. The first-order valence-electron chi connectivity index (χ1n) is 9.68. The zero-order valence-electron chi connectivity index (χ0n) is 15.8. The summed E-state index contributed by atoms with van der Waals surface area (Å²) in [6.07, 6.45) is 0. The molecule has 9 nitrogen and oxygen atoms in total. The molecule has 0 aliphatic carbocycles. The molecule has 2 saturated heterocycles. The van der Waals surface area contributed by atoms with Crippen molar-refractivity contribution in [3.05, 3.63) is 30.3 Å². The van der Waals surface area contributed by atoms with E-state index in [1.807, 2.05) is 35.2 Å². The number of aliphatic imine (C=N–C) groups is 1. The molecule has 0 saturated carbocycles. The highest BCUT2D eigenvalue weighted by atomic mass is 32.1. The Balaban J connectivity index is 1.32. The summed E-state index contributed by atoms with van der Waals surface area (Å²) in [5.41, 5.74) is 1.49. The van der Waals surface area contributed by atoms with Crippen LogP contribution in [0.15, 0.2) is 35.3 Å². The molecule has 1 aromatic heterocycles. The Morgan fingerprint density at radius 2 is 1.97 bits per heavy atom. The molecule has 150 valence electrons. The maximum Gasteiger partial charge on any atom is 0.250 e. The molecule has 3 aliphatic rings. The van der Waals surface area contributed by atoms with Crippen LogP contribution < -0.4 is 10.2 Å². The Kier molecular flexibility index (Phi) is 4.72. The second-order valence-electron chi connectivity index (χ2n) is 7.29. The van der Waals surface area contributed by atoms with Crippen LogP contribution in [-0.4, -0.2) is 75.7 Å². The molecule has 4 heterocycles. The molecule has 3 aliphatic heterocycles. The number of thiocarbonyl (C=S) groups is 1. The van der Waals surface area contributed by atoms with Crippen molar-refractivity contribution in [2.45, 2.75) is 6.54 Å². The van der Waals surface area contributed by atoms with Gasteiger partial charge in [0.1, 0.15) is 0 Å². The number of rotatable bonds is 2. The van der Waals surface area contributed by atoms with Crippen LogP contribution in [0.2, 0.25) is 0 Å². The first kappa shape index (κ1) is 18.2. The number of ether oxygens (including phenoxy) is 1. The summed E-state index contributed by atoms with van der Waals surface area (Å²) in [4.78, 5) is 25.9. The van der Waals surface area contributed by atoms with E-state index in [0.29, 0.717) is 49.0 Å². The topological polar surface area (TPSA) is 87.9 Å². The number of para-hydroxylation sites is 1. The van der Waals surface area contributed by atoms with E-state index in [9.17, 15) is 4.79 Å². The number of nitrogens with one attached hydrogen (secondary N) is 1. The smallest absolute Gasteiger partial charge is 0.250 e. The number of fused-ring (bicyclic) bond motifs is 2. The number of benzene rings is 1. The van der Waals surface area contributed by atoms with Crippen molar-refractivity contribution in [3.63, 3.8) is 0 Å². The molecule has 0 bridgehead atoms. The molecular weight excluding hydrogens is 390 g/mol. The molecule has 0 amide bonds. The van der Waals surface area contributed by atoms with Gasteiger partial charge in [-0.2, -0.15) is 4.98 Å². The molecule has 5 rings (SSSR count). The van der Waals surface area contributed by atoms with E-state index in [0.717, 1.165) is 18.8 Å². The van der Waals surface area contributed by atoms with E-state index in [4.69, 9.17) is 17.0 Å². The second-order valence-corrected chi connectivity index (χ2v) is 7.67. The quantitative estimate of drug-likeness (QED) is 0.735. The number of hydrogen-bond donors (Lipinski definition) is 1. The van der Waals surface area contributed by atoms with Gasteiger partial charge < -0.3 is 19.9 Å². The Labute approximate surface area is 173 Å². The highest BCUT2D eigenvalue weighted by Gasteiger charge is 2.37. The molecule has 1 aromatic carbocycles. The molecule has 0 radical (unpaired) electrons. The van der Waals surface area contributed by atoms with Crippen LogP contribution in [0.4, 0.5) is 17.6 Å². The molecule has 29 heavy (non-hydrogen) atoms. The fourth-order valence-electron chi connectivity index (χ4n) is 3.82. The largest absolute Gasteiger partial charge is 0.378 e. The summed E-state index contributed by atoms with van der Waals surface area (Å²) >= 11 is 5.54. The lowest BCUT2D eigenvalue weighted by atomic mass is 9.93. The molecule has 1 N–H and O–H groups in total. The number of piperidine rings is 1. The van der Waals surface area contributed by atoms with Gasteiger partial charge >= 0.3 is 0 Å². The third-order valence-electron chi connectivity index (χ3n) is 5.31. The Bertz CT molecular complexity index is 968. The first-order valence-corrected chi connectivity index (χ1v) is 10.1. The monoisotopic (exact) mass is 411 g/mol. The minimum absolute atomic E-state index is 0.0133. The van der Waals surface area contributed by atoms with Gasteiger partial charge in [0.2, 0.25) is 11.9 Å². The number of carbonyl (C=O) groups is 1. The van der Waals surface area contributed by atoms with Crippen LogP contribution in [0.25, 0.3) is 0 Å². The van der Waals surface area contributed by atoms with Gasteiger partial charge in [0.15, 0.2) is 10.9 Å². The average Bonchev–Trinajstić information content (AvgIpc) is 3.17. The van der Waals surface area contributed by atoms with Crippen LogP contribution in [0.1, 0.15) is 0 Å². The van der Waals surface area contributed by atoms with Crippen LogP contribution in [0.5, 0.6) is 0 Å². The van der Waals surface area contributed by atoms with Gasteiger partial charge in [-0.15, -0.1) is 5.10 Å². The maximum absolute atomic E-state index is 12.8. The molecule has 1 atom stereocenters. The van der Waals surface area contributed by atoms with Gasteiger partial charge in [0.25, 0.3) is 0 Å². The van der Waals surface area contributed by atoms with Crippen molar-refractivity contribution in [3.8, 4) is 0 Å². The summed E-state index contributed by atoms with van der Waals surface area (Å²) in [5, 5.41) is 8.37. The van der Waals surface area contributed by atoms with Crippen molar-refractivity contribution >= 4 is 46.4 Å². The maximum atomic E-state index is 12.8. The van der Waals surface area contributed by atoms with Crippen LogP contribution in [0.3, 0.4) is 0 Å². The molecule has 2 aromatic rings. The van der Waals surface area contributed by atoms with E-state index in [-0.39, 0.29) is 18.2 Å². The van der Waals surface area contributed by atoms with Crippen molar-refractivity contribution in [1.82, 2.24) is 19.7 Å². The van der Waals surface area contributed by atoms with E-state index >= 15 is 0 Å². The van der Waals surface area contributed by atoms with Crippen LogP contribution in [0, 0.1) is 5.92 Å². The zero-order valence-corrected chi connectivity index (χ0v) is 16.6. The summed E-state index contributed by atoms with van der Waals surface area (Å²) in [6.45, 7) is 4.27.